The van der Waals surface area contributed by atoms with E-state index < -0.39 is 22.7 Å². The lowest BCUT2D eigenvalue weighted by atomic mass is 9.96. The highest BCUT2D eigenvalue weighted by Crippen LogP contribution is 2.19. The zero-order chi connectivity index (χ0) is 18.4. The van der Waals surface area contributed by atoms with Gasteiger partial charge in [0.1, 0.15) is 0 Å². The number of nitro benzene ring substituents is 1. The number of halogens is 1. The van der Waals surface area contributed by atoms with Crippen molar-refractivity contribution in [1.82, 2.24) is 0 Å². The van der Waals surface area contributed by atoms with Gasteiger partial charge < -0.3 is 10.4 Å². The van der Waals surface area contributed by atoms with Crippen molar-refractivity contribution in [2.24, 2.45) is 5.92 Å². The summed E-state index contributed by atoms with van der Waals surface area (Å²) in [7, 11) is 0. The second-order valence-electron chi connectivity index (χ2n) is 5.42. The summed E-state index contributed by atoms with van der Waals surface area (Å²) >= 11 is 5.79. The zero-order valence-electron chi connectivity index (χ0n) is 13.0. The van der Waals surface area contributed by atoms with Gasteiger partial charge in [0, 0.05) is 29.3 Å². The summed E-state index contributed by atoms with van der Waals surface area (Å²) in [5, 5.41) is 23.0. The second-order valence-corrected chi connectivity index (χ2v) is 5.86. The molecule has 2 N–H and O–H groups in total. The predicted octanol–water partition coefficient (Wildman–Crippen LogP) is 3.52. The molecule has 0 aromatic heterocycles. The molecule has 2 aromatic carbocycles. The minimum atomic E-state index is -1.08. The number of nitrogens with one attached hydrogen (secondary N) is 1. The number of aliphatic carboxylic acids is 1. The molecule has 0 saturated carbocycles. The number of nitrogens with zero attached hydrogens (tertiary/aromatic N) is 1. The maximum atomic E-state index is 12.1. The number of carboxylic acid groups (broad SMARTS) is 1. The molecule has 0 fully saturated rings. The van der Waals surface area contributed by atoms with Crippen LogP contribution < -0.4 is 5.32 Å². The van der Waals surface area contributed by atoms with Crippen LogP contribution in [-0.4, -0.2) is 21.9 Å². The maximum absolute atomic E-state index is 12.1. The Morgan fingerprint density at radius 1 is 1.12 bits per heavy atom. The third-order valence-electron chi connectivity index (χ3n) is 3.54. The van der Waals surface area contributed by atoms with E-state index in [0.29, 0.717) is 10.7 Å². The molecule has 130 valence electrons. The Labute approximate surface area is 148 Å². The molecule has 2 aromatic rings. The largest absolute Gasteiger partial charge is 0.481 e. The molecule has 0 spiro atoms. The summed E-state index contributed by atoms with van der Waals surface area (Å²) in [6, 6.07) is 12.1. The zero-order valence-corrected chi connectivity index (χ0v) is 13.8. The Kier molecular flexibility index (Phi) is 6.08. The van der Waals surface area contributed by atoms with E-state index in [-0.39, 0.29) is 18.5 Å². The van der Waals surface area contributed by atoms with Crippen molar-refractivity contribution in [2.45, 2.75) is 12.8 Å². The van der Waals surface area contributed by atoms with E-state index >= 15 is 0 Å². The molecular formula is C17H15ClN2O5. The molecule has 0 heterocycles. The normalized spacial score (nSPS) is 11.6. The Bertz CT molecular complexity index is 775. The number of nitro groups is 1. The van der Waals surface area contributed by atoms with E-state index in [1.165, 1.54) is 24.3 Å². The molecule has 0 radical (unpaired) electrons. The Morgan fingerprint density at radius 2 is 1.72 bits per heavy atom. The third kappa shape index (κ3) is 5.58. The lowest BCUT2D eigenvalue weighted by molar-refractivity contribution is -0.384. The molecule has 2 rings (SSSR count). The lowest BCUT2D eigenvalue weighted by Crippen LogP contribution is -2.24. The number of carboxylic acids is 1. The first kappa shape index (κ1) is 18.4. The van der Waals surface area contributed by atoms with E-state index in [1.54, 1.807) is 24.3 Å². The van der Waals surface area contributed by atoms with Gasteiger partial charge in [-0.3, -0.25) is 19.7 Å². The van der Waals surface area contributed by atoms with Crippen molar-refractivity contribution in [3.8, 4) is 0 Å². The summed E-state index contributed by atoms with van der Waals surface area (Å²) in [4.78, 5) is 33.5. The molecule has 7 nitrogen and oxygen atoms in total. The van der Waals surface area contributed by atoms with Gasteiger partial charge >= 0.3 is 5.97 Å². The van der Waals surface area contributed by atoms with E-state index in [1.807, 2.05) is 0 Å². The summed E-state index contributed by atoms with van der Waals surface area (Å²) in [6.07, 6.45) is -0.0187. The fourth-order valence-corrected chi connectivity index (χ4v) is 2.38. The monoisotopic (exact) mass is 362 g/mol. The number of benzene rings is 2. The van der Waals surface area contributed by atoms with Crippen LogP contribution in [0.15, 0.2) is 48.5 Å². The SMILES string of the molecule is O=C(C[C@H](Cc1ccc(Cl)cc1)C(=O)O)Nc1ccc([N+](=O)[O-])cc1. The first-order valence-corrected chi connectivity index (χ1v) is 7.74. The van der Waals surface area contributed by atoms with Crippen molar-refractivity contribution < 1.29 is 19.6 Å². The minimum Gasteiger partial charge on any atom is -0.481 e. The number of non-ortho nitro benzene ring substituents is 1. The number of carbonyl (C=O) groups is 2. The van der Waals surface area contributed by atoms with Crippen LogP contribution in [0.4, 0.5) is 11.4 Å². The smallest absolute Gasteiger partial charge is 0.307 e. The maximum Gasteiger partial charge on any atom is 0.307 e. The first-order valence-electron chi connectivity index (χ1n) is 7.36. The lowest BCUT2D eigenvalue weighted by Gasteiger charge is -2.13. The van der Waals surface area contributed by atoms with E-state index in [9.17, 15) is 24.8 Å². The Hall–Kier alpha value is -2.93. The van der Waals surface area contributed by atoms with Gasteiger partial charge in [-0.1, -0.05) is 23.7 Å². The van der Waals surface area contributed by atoms with E-state index in [2.05, 4.69) is 5.32 Å². The predicted molar refractivity (Wildman–Crippen MR) is 92.6 cm³/mol. The van der Waals surface area contributed by atoms with Crippen molar-refractivity contribution in [3.05, 3.63) is 69.2 Å². The molecular weight excluding hydrogens is 348 g/mol. The number of carbonyl (C=O) groups excluding carboxylic acids is 1. The van der Waals surface area contributed by atoms with Crippen LogP contribution >= 0.6 is 11.6 Å². The molecule has 0 unspecified atom stereocenters. The summed E-state index contributed by atoms with van der Waals surface area (Å²) in [5.41, 5.74) is 1.04. The standard InChI is InChI=1S/C17H15ClN2O5/c18-13-3-1-11(2-4-13)9-12(17(22)23)10-16(21)19-14-5-7-15(8-6-14)20(24)25/h1-8,12H,9-10H2,(H,19,21)(H,22,23)/t12-/m0/s1. The fraction of sp³-hybridized carbons (Fsp3) is 0.176. The topological polar surface area (TPSA) is 110 Å². The van der Waals surface area contributed by atoms with Crippen LogP contribution in [0.1, 0.15) is 12.0 Å². The summed E-state index contributed by atoms with van der Waals surface area (Å²) in [6.45, 7) is 0. The average molecular weight is 363 g/mol. The van der Waals surface area contributed by atoms with Crippen LogP contribution in [0.2, 0.25) is 5.02 Å². The van der Waals surface area contributed by atoms with Gasteiger partial charge in [0.15, 0.2) is 0 Å². The van der Waals surface area contributed by atoms with E-state index in [0.717, 1.165) is 5.56 Å². The molecule has 0 aliphatic carbocycles. The van der Waals surface area contributed by atoms with Crippen LogP contribution in [0.5, 0.6) is 0 Å². The quantitative estimate of drug-likeness (QED) is 0.578. The number of hydrogen-bond donors (Lipinski definition) is 2. The van der Waals surface area contributed by atoms with Crippen LogP contribution in [0, 0.1) is 16.0 Å². The van der Waals surface area contributed by atoms with Crippen molar-refractivity contribution in [1.29, 1.82) is 0 Å². The highest BCUT2D eigenvalue weighted by Gasteiger charge is 2.22. The number of rotatable bonds is 7. The minimum absolute atomic E-state index is 0.0934. The van der Waals surface area contributed by atoms with Gasteiger partial charge in [0.2, 0.25) is 5.91 Å². The highest BCUT2D eigenvalue weighted by atomic mass is 35.5. The van der Waals surface area contributed by atoms with Gasteiger partial charge in [0.25, 0.3) is 5.69 Å². The second kappa shape index (κ2) is 8.25. The van der Waals surface area contributed by atoms with Crippen molar-refractivity contribution in [3.63, 3.8) is 0 Å². The highest BCUT2D eigenvalue weighted by molar-refractivity contribution is 6.30. The van der Waals surface area contributed by atoms with Crippen LogP contribution in [0.3, 0.4) is 0 Å². The summed E-state index contributed by atoms with van der Waals surface area (Å²) < 4.78 is 0. The number of anilines is 1. The number of amides is 1. The van der Waals surface area contributed by atoms with Crippen LogP contribution in [0.25, 0.3) is 0 Å². The van der Waals surface area contributed by atoms with Gasteiger partial charge in [-0.15, -0.1) is 0 Å². The van der Waals surface area contributed by atoms with Gasteiger partial charge in [-0.05, 0) is 36.2 Å². The van der Waals surface area contributed by atoms with Gasteiger partial charge in [-0.2, -0.15) is 0 Å². The molecule has 0 aliphatic rings. The molecule has 0 saturated heterocycles. The summed E-state index contributed by atoms with van der Waals surface area (Å²) in [5.74, 6) is -2.44. The third-order valence-corrected chi connectivity index (χ3v) is 3.79. The Morgan fingerprint density at radius 3 is 2.24 bits per heavy atom. The van der Waals surface area contributed by atoms with Crippen molar-refractivity contribution >= 4 is 34.9 Å². The number of hydrogen-bond acceptors (Lipinski definition) is 4. The molecule has 0 bridgehead atoms. The molecule has 0 aliphatic heterocycles. The van der Waals surface area contributed by atoms with Gasteiger partial charge in [0.05, 0.1) is 10.8 Å². The fourth-order valence-electron chi connectivity index (χ4n) is 2.25. The molecule has 25 heavy (non-hydrogen) atoms. The van der Waals surface area contributed by atoms with E-state index in [4.69, 9.17) is 11.6 Å². The Balaban J connectivity index is 1.98. The first-order chi connectivity index (χ1) is 11.8. The van der Waals surface area contributed by atoms with Gasteiger partial charge in [-0.25, -0.2) is 0 Å². The van der Waals surface area contributed by atoms with Crippen molar-refractivity contribution in [2.75, 3.05) is 5.32 Å². The molecule has 8 heteroatoms. The van der Waals surface area contributed by atoms with Crippen LogP contribution in [-0.2, 0) is 16.0 Å². The molecule has 1 amide bonds. The average Bonchev–Trinajstić information content (AvgIpc) is 2.56. The molecule has 1 atom stereocenters.